The fraction of sp³-hybridized carbons (Fsp3) is 0.409. The van der Waals surface area contributed by atoms with Crippen molar-refractivity contribution < 1.29 is 24.2 Å². The third kappa shape index (κ3) is 4.23. The van der Waals surface area contributed by atoms with Gasteiger partial charge in [-0.05, 0) is 20.9 Å². The summed E-state index contributed by atoms with van der Waals surface area (Å²) in [5.74, 6) is -0.862. The van der Waals surface area contributed by atoms with Gasteiger partial charge < -0.3 is 19.4 Å². The first kappa shape index (κ1) is 23.0. The highest BCUT2D eigenvalue weighted by Crippen LogP contribution is 2.39. The minimum Gasteiger partial charge on any atom is -0.457 e. The monoisotopic (exact) mass is 441 g/mol. The molecule has 4 atom stereocenters. The molecule has 3 rings (SSSR count). The maximum absolute atomic E-state index is 12.3. The van der Waals surface area contributed by atoms with Crippen LogP contribution in [-0.4, -0.2) is 55.5 Å². The Balaban J connectivity index is 2.20. The second-order valence-corrected chi connectivity index (χ2v) is 12.8. The van der Waals surface area contributed by atoms with E-state index in [2.05, 4.69) is 30.8 Å². The molecule has 2 aromatic carbocycles. The fourth-order valence-electron chi connectivity index (χ4n) is 4.18. The highest BCUT2D eigenvalue weighted by molar-refractivity contribution is 6.99. The molecule has 31 heavy (non-hydrogen) atoms. The number of rotatable bonds is 7. The maximum atomic E-state index is 12.3. The van der Waals surface area contributed by atoms with Crippen LogP contribution in [0.5, 0.6) is 0 Å². The van der Waals surface area contributed by atoms with Gasteiger partial charge in [-0.3, -0.25) is 0 Å². The Bertz CT molecular complexity index is 905. The summed E-state index contributed by atoms with van der Waals surface area (Å²) in [6.45, 7) is 5.65. The van der Waals surface area contributed by atoms with Gasteiger partial charge in [0.25, 0.3) is 8.32 Å². The number of esters is 1. The number of aliphatic hydroxyl groups is 2. The Morgan fingerprint density at radius 2 is 1.65 bits per heavy atom. The second-order valence-electron chi connectivity index (χ2n) is 8.55. The molecule has 0 bridgehead atoms. The van der Waals surface area contributed by atoms with Crippen LogP contribution in [0.3, 0.4) is 0 Å². The maximum Gasteiger partial charge on any atom is 0.338 e. The van der Waals surface area contributed by atoms with Crippen LogP contribution in [0.15, 0.2) is 65.8 Å². The van der Waals surface area contributed by atoms with E-state index in [0.717, 1.165) is 10.4 Å². The lowest BCUT2D eigenvalue weighted by Crippen LogP contribution is -2.69. The van der Waals surface area contributed by atoms with Gasteiger partial charge in [-0.25, -0.2) is 4.79 Å². The summed E-state index contributed by atoms with van der Waals surface area (Å²) in [7, 11) is -3.12. The van der Waals surface area contributed by atoms with Crippen LogP contribution >= 0.6 is 0 Å². The minimum absolute atomic E-state index is 0.404. The predicted molar refractivity (Wildman–Crippen MR) is 118 cm³/mol. The summed E-state index contributed by atoms with van der Waals surface area (Å²) < 4.78 is 12.1. The van der Waals surface area contributed by atoms with Gasteiger partial charge in [0.05, 0.1) is 6.61 Å². The standard InChI is InChI=1S/C22H27N3O5Si/c1-22(2,3)31(15-10-6-4-7-11-15,16-12-8-5-9-13-16)30-20-18(27)21(28)29-19(20)17(14-26)24-25-23/h4-13,17-20,26-27H,14H2,1-3H3/t17-,18+,19+,20-/m1/s1. The normalized spacial score (nSPS) is 22.5. The molecule has 0 amide bonds. The fourth-order valence-corrected chi connectivity index (χ4v) is 8.87. The molecule has 0 aliphatic carbocycles. The van der Waals surface area contributed by atoms with Crippen LogP contribution < -0.4 is 10.4 Å². The lowest BCUT2D eigenvalue weighted by Gasteiger charge is -2.45. The van der Waals surface area contributed by atoms with E-state index >= 15 is 0 Å². The van der Waals surface area contributed by atoms with E-state index in [4.69, 9.17) is 14.7 Å². The van der Waals surface area contributed by atoms with Crippen molar-refractivity contribution in [3.63, 3.8) is 0 Å². The van der Waals surface area contributed by atoms with E-state index in [1.54, 1.807) is 0 Å². The van der Waals surface area contributed by atoms with Crippen molar-refractivity contribution in [1.82, 2.24) is 0 Å². The van der Waals surface area contributed by atoms with Crippen LogP contribution in [0.25, 0.3) is 10.4 Å². The lowest BCUT2D eigenvalue weighted by atomic mass is 10.1. The first-order chi connectivity index (χ1) is 14.8. The zero-order valence-corrected chi connectivity index (χ0v) is 18.8. The molecule has 0 unspecified atom stereocenters. The average molecular weight is 442 g/mol. The number of carbonyl (C=O) groups excluding carboxylic acids is 1. The topological polar surface area (TPSA) is 125 Å². The molecule has 2 N–H and O–H groups in total. The largest absolute Gasteiger partial charge is 0.457 e. The van der Waals surface area contributed by atoms with Crippen LogP contribution in [0, 0.1) is 0 Å². The average Bonchev–Trinajstić information content (AvgIpc) is 3.04. The number of nitrogens with zero attached hydrogens (tertiary/aromatic N) is 3. The van der Waals surface area contributed by atoms with Gasteiger partial charge >= 0.3 is 5.97 Å². The molecule has 9 heteroatoms. The molecule has 1 aliphatic heterocycles. The highest BCUT2D eigenvalue weighted by Gasteiger charge is 2.57. The minimum atomic E-state index is -3.12. The number of hydrogen-bond donors (Lipinski definition) is 2. The van der Waals surface area contributed by atoms with Crippen molar-refractivity contribution in [2.45, 2.75) is 50.2 Å². The quantitative estimate of drug-likeness (QED) is 0.223. The molecule has 0 saturated carbocycles. The number of azide groups is 1. The number of benzene rings is 2. The van der Waals surface area contributed by atoms with Gasteiger partial charge in [0.2, 0.25) is 0 Å². The van der Waals surface area contributed by atoms with Crippen LogP contribution in [0.1, 0.15) is 20.8 Å². The molecule has 1 aliphatic rings. The van der Waals surface area contributed by atoms with Gasteiger partial charge in [-0.15, -0.1) is 0 Å². The van der Waals surface area contributed by atoms with Crippen molar-refractivity contribution in [1.29, 1.82) is 0 Å². The zero-order valence-electron chi connectivity index (χ0n) is 17.8. The third-order valence-corrected chi connectivity index (χ3v) is 10.7. The Kier molecular flexibility index (Phi) is 6.83. The number of aliphatic hydroxyl groups excluding tert-OH is 2. The molecule has 1 fully saturated rings. The van der Waals surface area contributed by atoms with E-state index in [9.17, 15) is 15.0 Å². The van der Waals surface area contributed by atoms with Gasteiger partial charge in [0.1, 0.15) is 18.2 Å². The summed E-state index contributed by atoms with van der Waals surface area (Å²) in [4.78, 5) is 15.0. The Labute approximate surface area is 182 Å². The van der Waals surface area contributed by atoms with Crippen LogP contribution in [-0.2, 0) is 14.0 Å². The summed E-state index contributed by atoms with van der Waals surface area (Å²) in [5.41, 5.74) is 8.88. The van der Waals surface area contributed by atoms with Crippen molar-refractivity contribution in [3.05, 3.63) is 71.1 Å². The first-order valence-electron chi connectivity index (χ1n) is 10.1. The molecule has 164 valence electrons. The Morgan fingerprint density at radius 1 is 1.13 bits per heavy atom. The van der Waals surface area contributed by atoms with E-state index in [1.165, 1.54) is 0 Å². The van der Waals surface area contributed by atoms with Crippen LogP contribution in [0.4, 0.5) is 0 Å². The molecule has 1 saturated heterocycles. The number of hydrogen-bond acceptors (Lipinski definition) is 6. The van der Waals surface area contributed by atoms with E-state index in [1.807, 2.05) is 60.7 Å². The number of ether oxygens (including phenoxy) is 1. The Morgan fingerprint density at radius 3 is 2.06 bits per heavy atom. The van der Waals surface area contributed by atoms with Crippen molar-refractivity contribution in [2.75, 3.05) is 6.61 Å². The van der Waals surface area contributed by atoms with E-state index in [-0.39, 0.29) is 0 Å². The molecule has 1 heterocycles. The zero-order chi connectivity index (χ0) is 22.6. The molecule has 8 nitrogen and oxygen atoms in total. The van der Waals surface area contributed by atoms with E-state index in [0.29, 0.717) is 0 Å². The first-order valence-corrected chi connectivity index (χ1v) is 12.0. The smallest absolute Gasteiger partial charge is 0.338 e. The molecule has 0 spiro atoms. The summed E-state index contributed by atoms with van der Waals surface area (Å²) in [5, 5.41) is 25.5. The lowest BCUT2D eigenvalue weighted by molar-refractivity contribution is -0.148. The molecule has 0 radical (unpaired) electrons. The predicted octanol–water partition coefficient (Wildman–Crippen LogP) is 1.89. The van der Waals surface area contributed by atoms with Gasteiger partial charge in [0, 0.05) is 4.91 Å². The highest BCUT2D eigenvalue weighted by atomic mass is 28.4. The number of cyclic esters (lactones) is 1. The third-order valence-electron chi connectivity index (χ3n) is 5.62. The molecular weight excluding hydrogens is 414 g/mol. The molecule has 2 aromatic rings. The van der Waals surface area contributed by atoms with Gasteiger partial charge in [-0.1, -0.05) is 86.5 Å². The van der Waals surface area contributed by atoms with Gasteiger partial charge in [0.15, 0.2) is 6.10 Å². The second kappa shape index (κ2) is 9.21. The SMILES string of the molecule is CC(C)(C)[Si](O[C@H]1[C@H]([C@@H](CO)N=[N+]=[N-])OC(=O)[C@H]1O)(c1ccccc1)c1ccccc1. The van der Waals surface area contributed by atoms with Crippen LogP contribution in [0.2, 0.25) is 5.04 Å². The molecular formula is C22H27N3O5Si. The van der Waals surface area contributed by atoms with Crippen molar-refractivity contribution in [2.24, 2.45) is 5.11 Å². The summed E-state index contributed by atoms with van der Waals surface area (Å²) >= 11 is 0. The van der Waals surface area contributed by atoms with Gasteiger partial charge in [-0.2, -0.15) is 0 Å². The summed E-state index contributed by atoms with van der Waals surface area (Å²) in [6.07, 6.45) is -3.78. The summed E-state index contributed by atoms with van der Waals surface area (Å²) in [6, 6.07) is 18.4. The van der Waals surface area contributed by atoms with Crippen molar-refractivity contribution >= 4 is 24.7 Å². The van der Waals surface area contributed by atoms with Crippen molar-refractivity contribution in [3.8, 4) is 0 Å². The Hall–Kier alpha value is -2.68. The van der Waals surface area contributed by atoms with E-state index < -0.39 is 50.3 Å². The molecule has 0 aromatic heterocycles. The number of carbonyl (C=O) groups is 1.